The standard InChI is InChI=1S/C29H18Cl2F3N3O4S2/c30-18-10-9-16(12-19(18)31)35-20(38)13-36-27-24(43-28(36)41)21(14-5-2-1-3-6-14)22-23(42-27)26(40)37(25(22)39)17-8-4-7-15(11-17)29(32,33)34/h1-12,21-23H,13H2,(H,35,38)/t21-,22-,23+/m0/s1. The average Bonchev–Trinajstić information content (AvgIpc) is 3.41. The summed E-state index contributed by atoms with van der Waals surface area (Å²) < 4.78 is 41.6. The predicted molar refractivity (Wildman–Crippen MR) is 159 cm³/mol. The van der Waals surface area contributed by atoms with Crippen LogP contribution >= 0.6 is 46.3 Å². The highest BCUT2D eigenvalue weighted by molar-refractivity contribution is 8.00. The van der Waals surface area contributed by atoms with Crippen molar-refractivity contribution in [1.82, 2.24) is 4.57 Å². The Morgan fingerprint density at radius 3 is 2.35 bits per heavy atom. The molecule has 6 rings (SSSR count). The minimum atomic E-state index is -4.67. The molecule has 0 aliphatic carbocycles. The van der Waals surface area contributed by atoms with Gasteiger partial charge in [0.2, 0.25) is 17.7 Å². The number of rotatable bonds is 5. The lowest BCUT2D eigenvalue weighted by Gasteiger charge is -2.30. The number of fused-ring (bicyclic) bond motifs is 2. The van der Waals surface area contributed by atoms with Gasteiger partial charge in [0, 0.05) is 16.5 Å². The van der Waals surface area contributed by atoms with Crippen LogP contribution in [0.1, 0.15) is 21.9 Å². The summed E-state index contributed by atoms with van der Waals surface area (Å²) in [6.45, 7) is -0.393. The number of hydrogen-bond donors (Lipinski definition) is 1. The van der Waals surface area contributed by atoms with Gasteiger partial charge in [-0.3, -0.25) is 23.7 Å². The molecule has 4 aromatic rings. The van der Waals surface area contributed by atoms with E-state index in [0.717, 1.165) is 46.2 Å². The van der Waals surface area contributed by atoms with Crippen LogP contribution in [0.2, 0.25) is 10.0 Å². The highest BCUT2D eigenvalue weighted by Gasteiger charge is 2.57. The van der Waals surface area contributed by atoms with Crippen molar-refractivity contribution < 1.29 is 27.6 Å². The summed E-state index contributed by atoms with van der Waals surface area (Å²) in [4.78, 5) is 54.7. The normalized spacial score (nSPS) is 19.7. The number of thioether (sulfide) groups is 1. The molecule has 1 aromatic heterocycles. The first kappa shape index (κ1) is 29.5. The maximum absolute atomic E-state index is 13.9. The summed E-state index contributed by atoms with van der Waals surface area (Å²) in [5.41, 5.74) is -0.165. The maximum atomic E-state index is 13.9. The topological polar surface area (TPSA) is 88.5 Å². The van der Waals surface area contributed by atoms with Crippen LogP contribution in [0.25, 0.3) is 0 Å². The van der Waals surface area contributed by atoms with E-state index in [0.29, 0.717) is 26.2 Å². The third kappa shape index (κ3) is 5.37. The summed E-state index contributed by atoms with van der Waals surface area (Å²) in [5.74, 6) is -3.63. The van der Waals surface area contributed by atoms with Crippen molar-refractivity contribution >= 4 is 75.4 Å². The number of hydrogen-bond acceptors (Lipinski definition) is 6. The lowest BCUT2D eigenvalue weighted by atomic mass is 9.83. The summed E-state index contributed by atoms with van der Waals surface area (Å²) in [7, 11) is 0. The second-order valence-electron chi connectivity index (χ2n) is 9.81. The van der Waals surface area contributed by atoms with E-state index >= 15 is 0 Å². The molecule has 0 spiro atoms. The Labute approximate surface area is 260 Å². The van der Waals surface area contributed by atoms with Crippen molar-refractivity contribution in [1.29, 1.82) is 0 Å². The van der Waals surface area contributed by atoms with Crippen LogP contribution < -0.4 is 15.1 Å². The van der Waals surface area contributed by atoms with Gasteiger partial charge in [0.1, 0.15) is 11.8 Å². The lowest BCUT2D eigenvalue weighted by molar-refractivity contribution is -0.137. The summed E-state index contributed by atoms with van der Waals surface area (Å²) >= 11 is 13.8. The van der Waals surface area contributed by atoms with E-state index < -0.39 is 58.0 Å². The van der Waals surface area contributed by atoms with Crippen LogP contribution in [0, 0.1) is 5.92 Å². The Morgan fingerprint density at radius 1 is 0.907 bits per heavy atom. The molecule has 0 radical (unpaired) electrons. The second kappa shape index (κ2) is 11.2. The number of alkyl halides is 3. The minimum Gasteiger partial charge on any atom is -0.324 e. The Hall–Kier alpha value is -3.58. The average molecular weight is 665 g/mol. The van der Waals surface area contributed by atoms with Crippen LogP contribution in [0.4, 0.5) is 24.5 Å². The molecule has 2 aliphatic heterocycles. The van der Waals surface area contributed by atoms with Crippen LogP contribution in [0.15, 0.2) is 82.6 Å². The van der Waals surface area contributed by atoms with Gasteiger partial charge in [0.15, 0.2) is 0 Å². The molecule has 0 saturated carbocycles. The van der Waals surface area contributed by atoms with Crippen LogP contribution in [-0.4, -0.2) is 27.5 Å². The quantitative estimate of drug-likeness (QED) is 0.241. The fraction of sp³-hybridized carbons (Fsp3) is 0.172. The number of imide groups is 1. The summed E-state index contributed by atoms with van der Waals surface area (Å²) in [6.07, 6.45) is -4.67. The Kier molecular flexibility index (Phi) is 7.66. The van der Waals surface area contributed by atoms with Gasteiger partial charge in [0.05, 0.1) is 32.2 Å². The zero-order valence-corrected chi connectivity index (χ0v) is 24.7. The van der Waals surface area contributed by atoms with E-state index in [-0.39, 0.29) is 10.7 Å². The molecule has 2 aliphatic rings. The molecule has 3 amide bonds. The lowest BCUT2D eigenvalue weighted by Crippen LogP contribution is -2.33. The number of nitrogens with one attached hydrogen (secondary N) is 1. The molecule has 0 unspecified atom stereocenters. The molecular weight excluding hydrogens is 646 g/mol. The van der Waals surface area contributed by atoms with Crippen molar-refractivity contribution in [2.75, 3.05) is 10.2 Å². The van der Waals surface area contributed by atoms with Gasteiger partial charge in [-0.1, -0.05) is 82.7 Å². The number of carbonyl (C=O) groups is 3. The number of carbonyl (C=O) groups excluding carboxylic acids is 3. The molecule has 14 heteroatoms. The van der Waals surface area contributed by atoms with E-state index in [1.165, 1.54) is 22.8 Å². The Balaban J connectivity index is 1.39. The van der Waals surface area contributed by atoms with Crippen molar-refractivity contribution in [2.24, 2.45) is 5.92 Å². The number of anilines is 2. The first-order chi connectivity index (χ1) is 20.4. The van der Waals surface area contributed by atoms with E-state index in [1.54, 1.807) is 36.4 Å². The predicted octanol–water partition coefficient (Wildman–Crippen LogP) is 6.67. The van der Waals surface area contributed by atoms with Gasteiger partial charge >= 0.3 is 11.0 Å². The first-order valence-electron chi connectivity index (χ1n) is 12.7. The monoisotopic (exact) mass is 663 g/mol. The highest BCUT2D eigenvalue weighted by atomic mass is 35.5. The van der Waals surface area contributed by atoms with Crippen LogP contribution in [-0.2, 0) is 27.1 Å². The number of benzene rings is 3. The molecule has 0 bridgehead atoms. The molecule has 43 heavy (non-hydrogen) atoms. The molecule has 1 fully saturated rings. The highest BCUT2D eigenvalue weighted by Crippen LogP contribution is 2.54. The van der Waals surface area contributed by atoms with Crippen molar-refractivity contribution in [3.63, 3.8) is 0 Å². The molecule has 7 nitrogen and oxygen atoms in total. The van der Waals surface area contributed by atoms with Gasteiger partial charge in [-0.2, -0.15) is 13.2 Å². The van der Waals surface area contributed by atoms with Gasteiger partial charge in [-0.05, 0) is 42.0 Å². The van der Waals surface area contributed by atoms with Crippen molar-refractivity contribution in [2.45, 2.75) is 28.9 Å². The smallest absolute Gasteiger partial charge is 0.324 e. The molecule has 3 aromatic carbocycles. The largest absolute Gasteiger partial charge is 0.416 e. The van der Waals surface area contributed by atoms with Crippen molar-refractivity contribution in [3.05, 3.63) is 109 Å². The fourth-order valence-electron chi connectivity index (χ4n) is 5.27. The Bertz CT molecular complexity index is 1840. The molecule has 1 N–H and O–H groups in total. The molecule has 220 valence electrons. The third-order valence-corrected chi connectivity index (χ3v) is 10.5. The maximum Gasteiger partial charge on any atom is 0.416 e. The van der Waals surface area contributed by atoms with Gasteiger partial charge < -0.3 is 5.32 Å². The van der Waals surface area contributed by atoms with Gasteiger partial charge in [-0.15, -0.1) is 0 Å². The van der Waals surface area contributed by atoms with E-state index in [2.05, 4.69) is 5.32 Å². The fourth-order valence-corrected chi connectivity index (χ4v) is 8.34. The van der Waals surface area contributed by atoms with Gasteiger partial charge in [0.25, 0.3) is 0 Å². The zero-order chi connectivity index (χ0) is 30.6. The number of thiazole rings is 1. The molecule has 3 atom stereocenters. The number of nitrogens with zero attached hydrogens (tertiary/aromatic N) is 2. The van der Waals surface area contributed by atoms with E-state index in [4.69, 9.17) is 23.2 Å². The summed E-state index contributed by atoms with van der Waals surface area (Å²) in [6, 6.07) is 17.4. The molecule has 3 heterocycles. The summed E-state index contributed by atoms with van der Waals surface area (Å²) in [5, 5.41) is 2.50. The van der Waals surface area contributed by atoms with Crippen LogP contribution in [0.5, 0.6) is 0 Å². The minimum absolute atomic E-state index is 0.187. The number of amides is 3. The molecule has 1 saturated heterocycles. The number of halogens is 5. The molecular formula is C29H18Cl2F3N3O4S2. The van der Waals surface area contributed by atoms with Crippen molar-refractivity contribution in [3.8, 4) is 0 Å². The number of aromatic nitrogens is 1. The third-order valence-electron chi connectivity index (χ3n) is 7.14. The van der Waals surface area contributed by atoms with E-state index in [9.17, 15) is 32.3 Å². The zero-order valence-electron chi connectivity index (χ0n) is 21.6. The first-order valence-corrected chi connectivity index (χ1v) is 15.1. The van der Waals surface area contributed by atoms with Gasteiger partial charge in [-0.25, -0.2) is 4.90 Å². The Morgan fingerprint density at radius 2 is 1.65 bits per heavy atom. The van der Waals surface area contributed by atoms with Crippen LogP contribution in [0.3, 0.4) is 0 Å². The van der Waals surface area contributed by atoms with E-state index in [1.807, 2.05) is 0 Å². The second-order valence-corrected chi connectivity index (χ2v) is 12.8. The SMILES string of the molecule is O=C(Cn1c2c(sc1=O)[C@@H](c1ccccc1)[C@@H]1C(=O)N(c3cccc(C(F)(F)F)c3)C(=O)[C@@H]1S2)Nc1ccc(Cl)c(Cl)c1.